The molecule has 4 aromatic rings. The van der Waals surface area contributed by atoms with Gasteiger partial charge in [0.15, 0.2) is 0 Å². The molecule has 1 N–H and O–H groups in total. The molecule has 2 aromatic carbocycles. The van der Waals surface area contributed by atoms with Gasteiger partial charge in [-0.05, 0) is 53.4 Å². The zero-order valence-electron chi connectivity index (χ0n) is 15.6. The molecule has 4 rings (SSSR count). The van der Waals surface area contributed by atoms with Crippen LogP contribution in [0.3, 0.4) is 0 Å². The Morgan fingerprint density at radius 2 is 1.83 bits per heavy atom. The molecule has 0 unspecified atom stereocenters. The van der Waals surface area contributed by atoms with Crippen molar-refractivity contribution in [2.24, 2.45) is 0 Å². The fourth-order valence-corrected chi connectivity index (χ4v) is 3.45. The largest absolute Gasteiger partial charge is 0.308 e. The third-order valence-electron chi connectivity index (χ3n) is 4.74. The Hall–Kier alpha value is -3.02. The van der Waals surface area contributed by atoms with Crippen molar-refractivity contribution in [1.29, 1.82) is 0 Å². The Morgan fingerprint density at radius 1 is 1.00 bits per heavy atom. The summed E-state index contributed by atoms with van der Waals surface area (Å²) in [5.41, 5.74) is 3.09. The Bertz CT molecular complexity index is 1190. The molecule has 146 valence electrons. The summed E-state index contributed by atoms with van der Waals surface area (Å²) in [6, 6.07) is 19.4. The minimum absolute atomic E-state index is 0.0861. The lowest BCUT2D eigenvalue weighted by Crippen LogP contribution is -2.28. The number of nitrogens with zero attached hydrogens (tertiary/aromatic N) is 2. The quantitative estimate of drug-likeness (QED) is 0.511. The molecule has 2 aromatic heterocycles. The van der Waals surface area contributed by atoms with E-state index in [1.165, 1.54) is 12.1 Å². The van der Waals surface area contributed by atoms with Crippen LogP contribution in [0.4, 0.5) is 4.39 Å². The molecule has 0 aliphatic heterocycles. The van der Waals surface area contributed by atoms with Crippen molar-refractivity contribution in [2.45, 2.75) is 19.6 Å². The predicted octanol–water partition coefficient (Wildman–Crippen LogP) is 4.53. The maximum absolute atomic E-state index is 13.2. The lowest BCUT2D eigenvalue weighted by molar-refractivity contribution is 0.624. The SMILES string of the molecule is O=c1c(CNCc2ccc(F)cc2)cc2ccc(Cl)cc2n1Cc1ccccn1. The van der Waals surface area contributed by atoms with Crippen LogP contribution in [-0.2, 0) is 19.6 Å². The van der Waals surface area contributed by atoms with E-state index in [4.69, 9.17) is 11.6 Å². The van der Waals surface area contributed by atoms with E-state index in [9.17, 15) is 9.18 Å². The van der Waals surface area contributed by atoms with Gasteiger partial charge < -0.3 is 9.88 Å². The first-order valence-electron chi connectivity index (χ1n) is 9.27. The van der Waals surface area contributed by atoms with Gasteiger partial charge in [-0.15, -0.1) is 0 Å². The smallest absolute Gasteiger partial charge is 0.255 e. The number of benzene rings is 2. The summed E-state index contributed by atoms with van der Waals surface area (Å²) in [4.78, 5) is 17.5. The molecule has 0 fully saturated rings. The van der Waals surface area contributed by atoms with Gasteiger partial charge in [0.05, 0.1) is 17.8 Å². The fourth-order valence-electron chi connectivity index (χ4n) is 3.29. The van der Waals surface area contributed by atoms with Gasteiger partial charge in [0.1, 0.15) is 5.82 Å². The molecule has 2 heterocycles. The first-order chi connectivity index (χ1) is 14.1. The van der Waals surface area contributed by atoms with Crippen molar-refractivity contribution in [3.63, 3.8) is 0 Å². The summed E-state index contributed by atoms with van der Waals surface area (Å²) in [5.74, 6) is -0.264. The van der Waals surface area contributed by atoms with Gasteiger partial charge in [0.2, 0.25) is 0 Å². The number of hydrogen-bond acceptors (Lipinski definition) is 3. The van der Waals surface area contributed by atoms with Gasteiger partial charge in [0, 0.05) is 29.9 Å². The molecule has 0 spiro atoms. The first kappa shape index (κ1) is 19.3. The average molecular weight is 408 g/mol. The monoisotopic (exact) mass is 407 g/mol. The molecule has 0 saturated heterocycles. The van der Waals surface area contributed by atoms with E-state index in [0.717, 1.165) is 22.2 Å². The molecule has 0 amide bonds. The van der Waals surface area contributed by atoms with Crippen molar-refractivity contribution in [3.8, 4) is 0 Å². The van der Waals surface area contributed by atoms with Crippen LogP contribution < -0.4 is 10.9 Å². The van der Waals surface area contributed by atoms with Gasteiger partial charge in [-0.2, -0.15) is 0 Å². The zero-order valence-corrected chi connectivity index (χ0v) is 16.4. The second kappa shape index (κ2) is 8.55. The van der Waals surface area contributed by atoms with Gasteiger partial charge in [0.25, 0.3) is 5.56 Å². The van der Waals surface area contributed by atoms with Crippen LogP contribution in [0, 0.1) is 5.82 Å². The van der Waals surface area contributed by atoms with Crippen LogP contribution in [0.5, 0.6) is 0 Å². The summed E-state index contributed by atoms with van der Waals surface area (Å²) in [7, 11) is 0. The van der Waals surface area contributed by atoms with E-state index in [0.29, 0.717) is 30.2 Å². The lowest BCUT2D eigenvalue weighted by Gasteiger charge is -2.14. The van der Waals surface area contributed by atoms with Gasteiger partial charge in [-0.25, -0.2) is 4.39 Å². The summed E-state index contributed by atoms with van der Waals surface area (Å²) >= 11 is 6.18. The second-order valence-corrected chi connectivity index (χ2v) is 7.25. The summed E-state index contributed by atoms with van der Waals surface area (Å²) < 4.78 is 14.8. The van der Waals surface area contributed by atoms with E-state index >= 15 is 0 Å². The predicted molar refractivity (Wildman–Crippen MR) is 114 cm³/mol. The second-order valence-electron chi connectivity index (χ2n) is 6.82. The van der Waals surface area contributed by atoms with Crippen molar-refractivity contribution in [2.75, 3.05) is 0 Å². The van der Waals surface area contributed by atoms with Crippen molar-refractivity contribution >= 4 is 22.5 Å². The lowest BCUT2D eigenvalue weighted by atomic mass is 10.1. The highest BCUT2D eigenvalue weighted by molar-refractivity contribution is 6.31. The summed E-state index contributed by atoms with van der Waals surface area (Å²) in [6.07, 6.45) is 1.71. The standard InChI is InChI=1S/C23H19ClFN3O/c24-19-7-6-17-11-18(14-26-13-16-4-8-20(25)9-5-16)23(29)28(22(17)12-19)15-21-3-1-2-10-27-21/h1-12,26H,13-15H2. The highest BCUT2D eigenvalue weighted by Gasteiger charge is 2.11. The molecule has 29 heavy (non-hydrogen) atoms. The summed E-state index contributed by atoms with van der Waals surface area (Å²) in [6.45, 7) is 1.30. The molecular formula is C23H19ClFN3O. The number of rotatable bonds is 6. The molecule has 0 atom stereocenters. The zero-order chi connectivity index (χ0) is 20.2. The number of nitrogens with one attached hydrogen (secondary N) is 1. The molecule has 0 saturated carbocycles. The number of aromatic nitrogens is 2. The Kier molecular flexibility index (Phi) is 5.69. The molecular weight excluding hydrogens is 389 g/mol. The number of halogens is 2. The third-order valence-corrected chi connectivity index (χ3v) is 4.97. The maximum Gasteiger partial charge on any atom is 0.255 e. The highest BCUT2D eigenvalue weighted by atomic mass is 35.5. The molecule has 0 aliphatic rings. The van der Waals surface area contributed by atoms with E-state index in [-0.39, 0.29) is 11.4 Å². The van der Waals surface area contributed by atoms with E-state index in [2.05, 4.69) is 10.3 Å². The third kappa shape index (κ3) is 4.53. The van der Waals surface area contributed by atoms with Crippen LogP contribution >= 0.6 is 11.6 Å². The highest BCUT2D eigenvalue weighted by Crippen LogP contribution is 2.20. The fraction of sp³-hybridized carbons (Fsp3) is 0.130. The number of fused-ring (bicyclic) bond motifs is 1. The normalized spacial score (nSPS) is 11.1. The van der Waals surface area contributed by atoms with Crippen LogP contribution in [0.25, 0.3) is 10.9 Å². The maximum atomic E-state index is 13.2. The van der Waals surface area contributed by atoms with Crippen molar-refractivity contribution < 1.29 is 4.39 Å². The molecule has 0 radical (unpaired) electrons. The van der Waals surface area contributed by atoms with Gasteiger partial charge in [-0.3, -0.25) is 9.78 Å². The first-order valence-corrected chi connectivity index (χ1v) is 9.65. The van der Waals surface area contributed by atoms with Crippen LogP contribution in [-0.4, -0.2) is 9.55 Å². The van der Waals surface area contributed by atoms with E-state index in [1.54, 1.807) is 29.0 Å². The van der Waals surface area contributed by atoms with Crippen LogP contribution in [0.15, 0.2) is 77.7 Å². The number of hydrogen-bond donors (Lipinski definition) is 1. The van der Waals surface area contributed by atoms with Crippen molar-refractivity contribution in [3.05, 3.63) is 111 Å². The van der Waals surface area contributed by atoms with Crippen LogP contribution in [0.1, 0.15) is 16.8 Å². The minimum Gasteiger partial charge on any atom is -0.308 e. The van der Waals surface area contributed by atoms with Gasteiger partial charge >= 0.3 is 0 Å². The Labute approximate surface area is 172 Å². The molecule has 4 nitrogen and oxygen atoms in total. The van der Waals surface area contributed by atoms with E-state index < -0.39 is 0 Å². The van der Waals surface area contributed by atoms with Crippen LogP contribution in [0.2, 0.25) is 5.02 Å². The number of pyridine rings is 2. The topological polar surface area (TPSA) is 46.9 Å². The molecule has 0 aliphatic carbocycles. The molecule has 0 bridgehead atoms. The van der Waals surface area contributed by atoms with Crippen molar-refractivity contribution in [1.82, 2.24) is 14.9 Å². The van der Waals surface area contributed by atoms with Gasteiger partial charge in [-0.1, -0.05) is 35.9 Å². The summed E-state index contributed by atoms with van der Waals surface area (Å²) in [5, 5.41) is 4.78. The minimum atomic E-state index is -0.264. The molecule has 6 heteroatoms. The average Bonchev–Trinajstić information content (AvgIpc) is 2.73. The van der Waals surface area contributed by atoms with E-state index in [1.807, 2.05) is 36.4 Å². The Morgan fingerprint density at radius 3 is 2.59 bits per heavy atom. The Balaban J connectivity index is 1.65.